The van der Waals surface area contributed by atoms with Gasteiger partial charge in [0.1, 0.15) is 0 Å². The van der Waals surface area contributed by atoms with Crippen molar-refractivity contribution in [3.8, 4) is 11.3 Å². The third-order valence-electron chi connectivity index (χ3n) is 1.95. The Kier molecular flexibility index (Phi) is 2.37. The number of carbonyl (C=O) groups is 1. The monoisotopic (exact) mass is 203 g/mol. The number of nitrogens with zero attached hydrogens (tertiary/aromatic N) is 1. The zero-order valence-electron chi connectivity index (χ0n) is 7.77. The molecule has 0 saturated heterocycles. The molecule has 1 aromatic carbocycles. The smallest absolute Gasteiger partial charge is 0.409 e. The van der Waals surface area contributed by atoms with E-state index in [1.165, 1.54) is 0 Å². The second kappa shape index (κ2) is 3.83. The minimum atomic E-state index is -1.07. The molecule has 0 aliphatic heterocycles. The number of rotatable bonds is 2. The molecule has 2 rings (SSSR count). The van der Waals surface area contributed by atoms with Gasteiger partial charge in [-0.15, -0.1) is 0 Å². The summed E-state index contributed by atoms with van der Waals surface area (Å²) in [5, 5.41) is 10.8. The minimum Gasteiger partial charge on any atom is -0.465 e. The van der Waals surface area contributed by atoms with Gasteiger partial charge in [0.15, 0.2) is 0 Å². The van der Waals surface area contributed by atoms with Gasteiger partial charge in [-0.2, -0.15) is 0 Å². The van der Waals surface area contributed by atoms with Crippen molar-refractivity contribution in [2.24, 2.45) is 0 Å². The Hall–Kier alpha value is -2.30. The Labute approximate surface area is 85.8 Å². The number of imidazole rings is 1. The summed E-state index contributed by atoms with van der Waals surface area (Å²) in [4.78, 5) is 17.2. The Morgan fingerprint density at radius 2 is 2.07 bits per heavy atom. The average Bonchev–Trinajstić information content (AvgIpc) is 2.71. The Bertz CT molecular complexity index is 448. The number of hydrogen-bond donors (Lipinski definition) is 3. The maximum absolute atomic E-state index is 10.4. The second-order valence-electron chi connectivity index (χ2n) is 2.97. The van der Waals surface area contributed by atoms with Gasteiger partial charge >= 0.3 is 6.09 Å². The summed E-state index contributed by atoms with van der Waals surface area (Å²) < 4.78 is 0. The van der Waals surface area contributed by atoms with Gasteiger partial charge in [0, 0.05) is 5.69 Å². The first-order valence-corrected chi connectivity index (χ1v) is 4.34. The zero-order valence-corrected chi connectivity index (χ0v) is 7.77. The fourth-order valence-electron chi connectivity index (χ4n) is 1.27. The average molecular weight is 203 g/mol. The fourth-order valence-corrected chi connectivity index (χ4v) is 1.27. The highest BCUT2D eigenvalue weighted by molar-refractivity contribution is 5.83. The summed E-state index contributed by atoms with van der Waals surface area (Å²) in [5.41, 5.74) is 2.41. The highest BCUT2D eigenvalue weighted by atomic mass is 16.4. The van der Waals surface area contributed by atoms with Crippen LogP contribution in [0.15, 0.2) is 36.8 Å². The third-order valence-corrected chi connectivity index (χ3v) is 1.95. The summed E-state index contributed by atoms with van der Waals surface area (Å²) in [5.74, 6) is 0. The van der Waals surface area contributed by atoms with Gasteiger partial charge in [0.2, 0.25) is 0 Å². The van der Waals surface area contributed by atoms with Gasteiger partial charge in [-0.3, -0.25) is 5.32 Å². The van der Waals surface area contributed by atoms with Crippen LogP contribution in [0, 0.1) is 0 Å². The molecule has 0 bridgehead atoms. The molecule has 0 atom stereocenters. The lowest BCUT2D eigenvalue weighted by molar-refractivity contribution is 0.210. The number of nitrogens with one attached hydrogen (secondary N) is 2. The predicted octanol–water partition coefficient (Wildman–Crippen LogP) is 2.17. The first-order chi connectivity index (χ1) is 7.25. The van der Waals surface area contributed by atoms with Gasteiger partial charge in [0.05, 0.1) is 18.2 Å². The van der Waals surface area contributed by atoms with Crippen molar-refractivity contribution >= 4 is 11.8 Å². The van der Waals surface area contributed by atoms with E-state index < -0.39 is 6.09 Å². The molecule has 0 fully saturated rings. The Balaban J connectivity index is 2.21. The summed E-state index contributed by atoms with van der Waals surface area (Å²) in [6.07, 6.45) is 2.24. The summed E-state index contributed by atoms with van der Waals surface area (Å²) >= 11 is 0. The normalized spacial score (nSPS) is 9.87. The Morgan fingerprint density at radius 1 is 1.33 bits per heavy atom. The summed E-state index contributed by atoms with van der Waals surface area (Å²) in [6.45, 7) is 0. The third kappa shape index (κ3) is 2.14. The van der Waals surface area contributed by atoms with Gasteiger partial charge < -0.3 is 10.1 Å². The van der Waals surface area contributed by atoms with Crippen molar-refractivity contribution in [3.63, 3.8) is 0 Å². The molecule has 1 aromatic heterocycles. The van der Waals surface area contributed by atoms with E-state index in [2.05, 4.69) is 15.3 Å². The van der Waals surface area contributed by atoms with Crippen molar-refractivity contribution in [1.82, 2.24) is 9.97 Å². The van der Waals surface area contributed by atoms with Gasteiger partial charge in [-0.05, 0) is 17.7 Å². The van der Waals surface area contributed by atoms with Crippen molar-refractivity contribution in [2.75, 3.05) is 5.32 Å². The van der Waals surface area contributed by atoms with Crippen LogP contribution < -0.4 is 5.32 Å². The standard InChI is InChI=1S/C10H9N3O2/c14-10(15)13-8-3-1-7(2-4-8)9-5-11-6-12-9/h1-6,13H,(H,11,12)(H,14,15). The first-order valence-electron chi connectivity index (χ1n) is 4.34. The molecule has 76 valence electrons. The van der Waals surface area contributed by atoms with Crippen molar-refractivity contribution in [1.29, 1.82) is 0 Å². The molecule has 1 amide bonds. The summed E-state index contributed by atoms with van der Waals surface area (Å²) in [6, 6.07) is 7.03. The topological polar surface area (TPSA) is 78.0 Å². The van der Waals surface area contributed by atoms with Crippen LogP contribution in [0.4, 0.5) is 10.5 Å². The van der Waals surface area contributed by atoms with E-state index in [1.807, 2.05) is 12.1 Å². The number of H-pyrrole nitrogens is 1. The molecule has 0 aliphatic carbocycles. The molecule has 0 radical (unpaired) electrons. The molecular weight excluding hydrogens is 194 g/mol. The van der Waals surface area contributed by atoms with Crippen molar-refractivity contribution in [2.45, 2.75) is 0 Å². The maximum atomic E-state index is 10.4. The Morgan fingerprint density at radius 3 is 2.60 bits per heavy atom. The lowest BCUT2D eigenvalue weighted by Crippen LogP contribution is -2.06. The highest BCUT2D eigenvalue weighted by Gasteiger charge is 2.00. The number of benzene rings is 1. The number of hydrogen-bond acceptors (Lipinski definition) is 2. The van der Waals surface area contributed by atoms with E-state index in [0.29, 0.717) is 5.69 Å². The van der Waals surface area contributed by atoms with Gasteiger partial charge in [-0.1, -0.05) is 12.1 Å². The van der Waals surface area contributed by atoms with E-state index in [1.54, 1.807) is 24.7 Å². The second-order valence-corrected chi connectivity index (χ2v) is 2.97. The molecular formula is C10H9N3O2. The first kappa shape index (κ1) is 9.26. The molecule has 2 aromatic rings. The molecule has 1 heterocycles. The van der Waals surface area contributed by atoms with Gasteiger partial charge in [-0.25, -0.2) is 9.78 Å². The number of aromatic amines is 1. The summed E-state index contributed by atoms with van der Waals surface area (Å²) in [7, 11) is 0. The van der Waals surface area contributed by atoms with Gasteiger partial charge in [0.25, 0.3) is 0 Å². The van der Waals surface area contributed by atoms with Crippen LogP contribution in [0.2, 0.25) is 0 Å². The largest absolute Gasteiger partial charge is 0.465 e. The number of anilines is 1. The van der Waals surface area contributed by atoms with E-state index in [-0.39, 0.29) is 0 Å². The van der Waals surface area contributed by atoms with Crippen molar-refractivity contribution in [3.05, 3.63) is 36.8 Å². The van der Waals surface area contributed by atoms with Crippen LogP contribution in [0.5, 0.6) is 0 Å². The van der Waals surface area contributed by atoms with E-state index >= 15 is 0 Å². The molecule has 3 N–H and O–H groups in total. The predicted molar refractivity (Wildman–Crippen MR) is 55.7 cm³/mol. The zero-order chi connectivity index (χ0) is 10.7. The molecule has 15 heavy (non-hydrogen) atoms. The number of amides is 1. The van der Waals surface area contributed by atoms with Crippen LogP contribution in [-0.4, -0.2) is 21.2 Å². The van der Waals surface area contributed by atoms with E-state index in [0.717, 1.165) is 11.3 Å². The molecule has 0 aliphatic rings. The van der Waals surface area contributed by atoms with Crippen LogP contribution >= 0.6 is 0 Å². The van der Waals surface area contributed by atoms with Crippen LogP contribution in [0.3, 0.4) is 0 Å². The lowest BCUT2D eigenvalue weighted by Gasteiger charge is -2.01. The van der Waals surface area contributed by atoms with E-state index in [9.17, 15) is 4.79 Å². The van der Waals surface area contributed by atoms with Crippen LogP contribution in [0.25, 0.3) is 11.3 Å². The SMILES string of the molecule is O=C(O)Nc1ccc(-c2cnc[nH]2)cc1. The lowest BCUT2D eigenvalue weighted by atomic mass is 10.1. The number of carboxylic acid groups (broad SMARTS) is 1. The van der Waals surface area contributed by atoms with Crippen LogP contribution in [0.1, 0.15) is 0 Å². The highest BCUT2D eigenvalue weighted by Crippen LogP contribution is 2.18. The maximum Gasteiger partial charge on any atom is 0.409 e. The molecule has 0 saturated carbocycles. The molecule has 5 nitrogen and oxygen atoms in total. The molecule has 0 unspecified atom stereocenters. The minimum absolute atomic E-state index is 0.547. The number of aromatic nitrogens is 2. The van der Waals surface area contributed by atoms with E-state index in [4.69, 9.17) is 5.11 Å². The quantitative estimate of drug-likeness (QED) is 0.699. The molecule has 5 heteroatoms. The fraction of sp³-hybridized carbons (Fsp3) is 0. The van der Waals surface area contributed by atoms with Crippen molar-refractivity contribution < 1.29 is 9.90 Å². The van der Waals surface area contributed by atoms with Crippen LogP contribution in [-0.2, 0) is 0 Å². The molecule has 0 spiro atoms.